The van der Waals surface area contributed by atoms with E-state index >= 15 is 0 Å². The van der Waals surface area contributed by atoms with Crippen LogP contribution in [0.2, 0.25) is 0 Å². The molecule has 0 aromatic heterocycles. The second-order valence-electron chi connectivity index (χ2n) is 4.91. The number of hydrogen-bond acceptors (Lipinski definition) is 2. The van der Waals surface area contributed by atoms with Crippen LogP contribution in [0.25, 0.3) is 0 Å². The molecule has 0 aliphatic heterocycles. The van der Waals surface area contributed by atoms with Crippen molar-refractivity contribution in [3.05, 3.63) is 59.7 Å². The summed E-state index contributed by atoms with van der Waals surface area (Å²) in [5.74, 6) is 0. The van der Waals surface area contributed by atoms with Crippen molar-refractivity contribution in [1.82, 2.24) is 0 Å². The van der Waals surface area contributed by atoms with Crippen molar-refractivity contribution in [3.8, 4) is 0 Å². The Morgan fingerprint density at radius 3 is 2.21 bits per heavy atom. The summed E-state index contributed by atoms with van der Waals surface area (Å²) >= 11 is 0. The summed E-state index contributed by atoms with van der Waals surface area (Å²) in [6.45, 7) is 7.27. The number of para-hydroxylation sites is 1. The largest absolute Gasteiger partial charge is 0.342 e. The van der Waals surface area contributed by atoms with Crippen LogP contribution in [-0.4, -0.2) is 6.54 Å². The summed E-state index contributed by atoms with van der Waals surface area (Å²) in [5, 5.41) is 0. The molecule has 0 amide bonds. The summed E-state index contributed by atoms with van der Waals surface area (Å²) in [4.78, 5) is 2.32. The van der Waals surface area contributed by atoms with Gasteiger partial charge in [0.25, 0.3) is 0 Å². The third-order valence-corrected chi connectivity index (χ3v) is 3.45. The van der Waals surface area contributed by atoms with Crippen LogP contribution >= 0.6 is 0 Å². The number of anilines is 2. The molecule has 0 heterocycles. The molecule has 2 aromatic rings. The van der Waals surface area contributed by atoms with E-state index < -0.39 is 0 Å². The van der Waals surface area contributed by atoms with E-state index in [1.54, 1.807) is 0 Å². The first-order chi connectivity index (χ1) is 9.13. The molecule has 19 heavy (non-hydrogen) atoms. The van der Waals surface area contributed by atoms with Crippen molar-refractivity contribution in [1.29, 1.82) is 0 Å². The standard InChI is InChI=1S/C17H22N2/c1-4-19(17-8-6-5-7-13(17)2)16-11-9-15(10-12-16)14(3)18/h5-12,14H,4,18H2,1-3H3/t14-/m1/s1. The maximum absolute atomic E-state index is 5.89. The normalized spacial score (nSPS) is 12.2. The number of aryl methyl sites for hydroxylation is 1. The minimum Gasteiger partial charge on any atom is -0.342 e. The molecule has 0 spiro atoms. The van der Waals surface area contributed by atoms with E-state index in [4.69, 9.17) is 5.73 Å². The highest BCUT2D eigenvalue weighted by Crippen LogP contribution is 2.28. The number of hydrogen-bond donors (Lipinski definition) is 1. The molecule has 1 atom stereocenters. The van der Waals surface area contributed by atoms with Gasteiger partial charge in [-0.3, -0.25) is 0 Å². The van der Waals surface area contributed by atoms with Crippen molar-refractivity contribution in [2.24, 2.45) is 5.73 Å². The predicted octanol–water partition coefficient (Wildman–Crippen LogP) is 4.17. The van der Waals surface area contributed by atoms with Gasteiger partial charge in [-0.25, -0.2) is 0 Å². The van der Waals surface area contributed by atoms with Gasteiger partial charge in [-0.15, -0.1) is 0 Å². The molecule has 0 unspecified atom stereocenters. The Morgan fingerprint density at radius 2 is 1.68 bits per heavy atom. The summed E-state index contributed by atoms with van der Waals surface area (Å²) in [5.41, 5.74) is 10.8. The van der Waals surface area contributed by atoms with Crippen molar-refractivity contribution in [3.63, 3.8) is 0 Å². The zero-order valence-corrected chi connectivity index (χ0v) is 11.9. The van der Waals surface area contributed by atoms with Gasteiger partial charge in [-0.1, -0.05) is 30.3 Å². The summed E-state index contributed by atoms with van der Waals surface area (Å²) < 4.78 is 0. The van der Waals surface area contributed by atoms with Crippen molar-refractivity contribution < 1.29 is 0 Å². The lowest BCUT2D eigenvalue weighted by Crippen LogP contribution is -2.17. The Labute approximate surface area is 115 Å². The second kappa shape index (κ2) is 5.89. The van der Waals surface area contributed by atoms with Gasteiger partial charge in [0, 0.05) is 24.0 Å². The van der Waals surface area contributed by atoms with Gasteiger partial charge in [-0.2, -0.15) is 0 Å². The molecule has 0 radical (unpaired) electrons. The highest BCUT2D eigenvalue weighted by Gasteiger charge is 2.09. The highest BCUT2D eigenvalue weighted by atomic mass is 15.1. The fraction of sp³-hybridized carbons (Fsp3) is 0.294. The fourth-order valence-corrected chi connectivity index (χ4v) is 2.32. The first-order valence-corrected chi connectivity index (χ1v) is 6.82. The van der Waals surface area contributed by atoms with Crippen molar-refractivity contribution in [2.45, 2.75) is 26.8 Å². The van der Waals surface area contributed by atoms with E-state index in [-0.39, 0.29) is 6.04 Å². The van der Waals surface area contributed by atoms with E-state index in [1.807, 2.05) is 6.92 Å². The SMILES string of the molecule is CCN(c1ccc([C@@H](C)N)cc1)c1ccccc1C. The van der Waals surface area contributed by atoms with E-state index in [1.165, 1.54) is 22.5 Å². The van der Waals surface area contributed by atoms with Gasteiger partial charge in [0.1, 0.15) is 0 Å². The lowest BCUT2D eigenvalue weighted by Gasteiger charge is -2.25. The minimum absolute atomic E-state index is 0.0857. The van der Waals surface area contributed by atoms with Gasteiger partial charge < -0.3 is 10.6 Å². The van der Waals surface area contributed by atoms with Crippen LogP contribution in [0.3, 0.4) is 0 Å². The number of rotatable bonds is 4. The quantitative estimate of drug-likeness (QED) is 0.887. The first-order valence-electron chi connectivity index (χ1n) is 6.82. The maximum Gasteiger partial charge on any atom is 0.0440 e. The van der Waals surface area contributed by atoms with Gasteiger partial charge in [0.15, 0.2) is 0 Å². The third kappa shape index (κ3) is 2.96. The monoisotopic (exact) mass is 254 g/mol. The maximum atomic E-state index is 5.89. The summed E-state index contributed by atoms with van der Waals surface area (Å²) in [6, 6.07) is 17.1. The number of nitrogens with two attached hydrogens (primary N) is 1. The van der Waals surface area contributed by atoms with Crippen LogP contribution in [-0.2, 0) is 0 Å². The Bertz CT molecular complexity index is 529. The minimum atomic E-state index is 0.0857. The topological polar surface area (TPSA) is 29.3 Å². The average Bonchev–Trinajstić information content (AvgIpc) is 2.42. The summed E-state index contributed by atoms with van der Waals surface area (Å²) in [6.07, 6.45) is 0. The molecule has 2 nitrogen and oxygen atoms in total. The molecule has 2 heteroatoms. The van der Waals surface area contributed by atoms with Gasteiger partial charge >= 0.3 is 0 Å². The molecule has 2 aromatic carbocycles. The number of nitrogens with zero attached hydrogens (tertiary/aromatic N) is 1. The first kappa shape index (κ1) is 13.6. The lowest BCUT2D eigenvalue weighted by molar-refractivity contribution is 0.818. The molecule has 100 valence electrons. The van der Waals surface area contributed by atoms with Crippen LogP contribution in [0, 0.1) is 6.92 Å². The molecule has 0 aliphatic rings. The van der Waals surface area contributed by atoms with Crippen LogP contribution in [0.15, 0.2) is 48.5 Å². The highest BCUT2D eigenvalue weighted by molar-refractivity contribution is 5.66. The molecule has 0 saturated heterocycles. The van der Waals surface area contributed by atoms with E-state index in [0.29, 0.717) is 0 Å². The lowest BCUT2D eigenvalue weighted by atomic mass is 10.1. The van der Waals surface area contributed by atoms with Crippen LogP contribution in [0.5, 0.6) is 0 Å². The third-order valence-electron chi connectivity index (χ3n) is 3.45. The predicted molar refractivity (Wildman–Crippen MR) is 82.9 cm³/mol. The Morgan fingerprint density at radius 1 is 1.05 bits per heavy atom. The van der Waals surface area contributed by atoms with Crippen molar-refractivity contribution >= 4 is 11.4 Å². The molecule has 0 fully saturated rings. The van der Waals surface area contributed by atoms with Crippen molar-refractivity contribution in [2.75, 3.05) is 11.4 Å². The van der Waals surface area contributed by atoms with Crippen LogP contribution < -0.4 is 10.6 Å². The number of benzene rings is 2. The van der Waals surface area contributed by atoms with E-state index in [0.717, 1.165) is 6.54 Å². The molecule has 0 bridgehead atoms. The molecule has 0 aliphatic carbocycles. The zero-order chi connectivity index (χ0) is 13.8. The molecule has 2 rings (SSSR count). The Hall–Kier alpha value is -1.80. The average molecular weight is 254 g/mol. The van der Waals surface area contributed by atoms with Gasteiger partial charge in [0.2, 0.25) is 0 Å². The Kier molecular flexibility index (Phi) is 4.23. The second-order valence-corrected chi connectivity index (χ2v) is 4.91. The van der Waals surface area contributed by atoms with Crippen LogP contribution in [0.4, 0.5) is 11.4 Å². The van der Waals surface area contributed by atoms with E-state index in [9.17, 15) is 0 Å². The van der Waals surface area contributed by atoms with Gasteiger partial charge in [0.05, 0.1) is 0 Å². The smallest absolute Gasteiger partial charge is 0.0440 e. The Balaban J connectivity index is 2.35. The van der Waals surface area contributed by atoms with E-state index in [2.05, 4.69) is 67.3 Å². The molecular weight excluding hydrogens is 232 g/mol. The van der Waals surface area contributed by atoms with Gasteiger partial charge in [-0.05, 0) is 50.1 Å². The summed E-state index contributed by atoms with van der Waals surface area (Å²) in [7, 11) is 0. The zero-order valence-electron chi connectivity index (χ0n) is 11.9. The fourth-order valence-electron chi connectivity index (χ4n) is 2.32. The van der Waals surface area contributed by atoms with Crippen LogP contribution in [0.1, 0.15) is 31.0 Å². The molecular formula is C17H22N2. The molecule has 0 saturated carbocycles. The molecule has 2 N–H and O–H groups in total.